The summed E-state index contributed by atoms with van der Waals surface area (Å²) < 4.78 is 33.1. The second-order valence-corrected chi connectivity index (χ2v) is 8.65. The number of benzene rings is 2. The van der Waals surface area contributed by atoms with Gasteiger partial charge in [-0.25, -0.2) is 13.1 Å². The zero-order valence-electron chi connectivity index (χ0n) is 16.3. The first kappa shape index (κ1) is 23.6. The summed E-state index contributed by atoms with van der Waals surface area (Å²) in [6, 6.07) is 13.4. The first-order valence-corrected chi connectivity index (χ1v) is 11.2. The molecule has 0 aliphatic heterocycles. The summed E-state index contributed by atoms with van der Waals surface area (Å²) in [6.45, 7) is 2.83. The molecule has 0 saturated heterocycles. The van der Waals surface area contributed by atoms with Gasteiger partial charge < -0.3 is 14.9 Å². The Morgan fingerprint density at radius 2 is 1.76 bits per heavy atom. The molecule has 29 heavy (non-hydrogen) atoms. The SMILES string of the molecule is CC(Oc1cccc(CCNS(=O)(=O)c2ccc(Cl)cc2)c1)N(CCO)CCO. The fraction of sp³-hybridized carbons (Fsp3) is 0.400. The number of hydrogen-bond acceptors (Lipinski definition) is 6. The van der Waals surface area contributed by atoms with Gasteiger partial charge >= 0.3 is 0 Å². The van der Waals surface area contributed by atoms with Gasteiger partial charge in [0.25, 0.3) is 0 Å². The minimum Gasteiger partial charge on any atom is -0.475 e. The van der Waals surface area contributed by atoms with Crippen LogP contribution >= 0.6 is 11.6 Å². The van der Waals surface area contributed by atoms with Gasteiger partial charge in [0, 0.05) is 24.7 Å². The number of hydrogen-bond donors (Lipinski definition) is 3. The van der Waals surface area contributed by atoms with Crippen LogP contribution in [0.15, 0.2) is 53.4 Å². The molecule has 0 bridgehead atoms. The molecule has 9 heteroatoms. The smallest absolute Gasteiger partial charge is 0.240 e. The Morgan fingerprint density at radius 3 is 2.38 bits per heavy atom. The summed E-state index contributed by atoms with van der Waals surface area (Å²) in [6.07, 6.45) is 0.169. The number of ether oxygens (including phenoxy) is 1. The lowest BCUT2D eigenvalue weighted by molar-refractivity contribution is 0.0169. The average molecular weight is 443 g/mol. The molecular weight excluding hydrogens is 416 g/mol. The summed E-state index contributed by atoms with van der Waals surface area (Å²) in [5.74, 6) is 0.636. The van der Waals surface area contributed by atoms with Crippen LogP contribution in [0, 0.1) is 0 Å². The lowest BCUT2D eigenvalue weighted by Crippen LogP contribution is -2.41. The molecule has 0 radical (unpaired) electrons. The van der Waals surface area contributed by atoms with Gasteiger partial charge in [0.1, 0.15) is 12.0 Å². The number of aliphatic hydroxyl groups excluding tert-OH is 2. The van der Waals surface area contributed by atoms with E-state index in [-0.39, 0.29) is 30.9 Å². The molecule has 1 atom stereocenters. The fourth-order valence-corrected chi connectivity index (χ4v) is 3.96. The Hall–Kier alpha value is -1.68. The minimum absolute atomic E-state index is 0.0263. The summed E-state index contributed by atoms with van der Waals surface area (Å²) >= 11 is 5.80. The molecule has 0 saturated carbocycles. The van der Waals surface area contributed by atoms with Crippen molar-refractivity contribution in [3.05, 3.63) is 59.1 Å². The molecule has 2 rings (SSSR count). The van der Waals surface area contributed by atoms with Crippen LogP contribution in [0.1, 0.15) is 12.5 Å². The Labute approximate surface area is 176 Å². The number of aliphatic hydroxyl groups is 2. The van der Waals surface area contributed by atoms with Crippen LogP contribution in [0.4, 0.5) is 0 Å². The van der Waals surface area contributed by atoms with E-state index in [0.717, 1.165) is 5.56 Å². The highest BCUT2D eigenvalue weighted by Gasteiger charge is 2.15. The van der Waals surface area contributed by atoms with Crippen molar-refractivity contribution in [2.24, 2.45) is 0 Å². The van der Waals surface area contributed by atoms with Gasteiger partial charge in [0.05, 0.1) is 18.1 Å². The molecule has 0 aliphatic rings. The Morgan fingerprint density at radius 1 is 1.10 bits per heavy atom. The molecule has 0 fully saturated rings. The summed E-state index contributed by atoms with van der Waals surface area (Å²) in [4.78, 5) is 1.99. The van der Waals surface area contributed by atoms with Gasteiger partial charge in [-0.2, -0.15) is 0 Å². The van der Waals surface area contributed by atoms with Crippen LogP contribution in [0.25, 0.3) is 0 Å². The molecule has 3 N–H and O–H groups in total. The van der Waals surface area contributed by atoms with Crippen LogP contribution in [0.3, 0.4) is 0 Å². The fourth-order valence-electron chi connectivity index (χ4n) is 2.80. The van der Waals surface area contributed by atoms with Crippen LogP contribution < -0.4 is 9.46 Å². The lowest BCUT2D eigenvalue weighted by atomic mass is 10.1. The highest BCUT2D eigenvalue weighted by Crippen LogP contribution is 2.17. The molecule has 0 heterocycles. The minimum atomic E-state index is -3.59. The third-order valence-electron chi connectivity index (χ3n) is 4.32. The van der Waals surface area contributed by atoms with Gasteiger partial charge in [0.2, 0.25) is 10.0 Å². The molecule has 1 unspecified atom stereocenters. The van der Waals surface area contributed by atoms with E-state index in [4.69, 9.17) is 26.6 Å². The first-order chi connectivity index (χ1) is 13.9. The summed E-state index contributed by atoms with van der Waals surface area (Å²) in [5, 5.41) is 18.8. The number of halogens is 1. The third kappa shape index (κ3) is 7.58. The topological polar surface area (TPSA) is 99.1 Å². The van der Waals surface area contributed by atoms with Gasteiger partial charge in [-0.15, -0.1) is 0 Å². The molecule has 0 amide bonds. The second-order valence-electron chi connectivity index (χ2n) is 6.45. The van der Waals surface area contributed by atoms with Crippen LogP contribution in [-0.2, 0) is 16.4 Å². The van der Waals surface area contributed by atoms with Crippen LogP contribution in [0.5, 0.6) is 5.75 Å². The third-order valence-corrected chi connectivity index (χ3v) is 6.05. The maximum absolute atomic E-state index is 12.3. The van der Waals surface area contributed by atoms with Crippen molar-refractivity contribution < 1.29 is 23.4 Å². The van der Waals surface area contributed by atoms with Crippen molar-refractivity contribution in [1.29, 1.82) is 0 Å². The highest BCUT2D eigenvalue weighted by atomic mass is 35.5. The average Bonchev–Trinajstić information content (AvgIpc) is 2.68. The van der Waals surface area contributed by atoms with Gasteiger partial charge in [-0.1, -0.05) is 23.7 Å². The number of nitrogens with one attached hydrogen (secondary N) is 1. The predicted molar refractivity (Wildman–Crippen MR) is 113 cm³/mol. The van der Waals surface area contributed by atoms with Crippen molar-refractivity contribution >= 4 is 21.6 Å². The van der Waals surface area contributed by atoms with Gasteiger partial charge in [0.15, 0.2) is 0 Å². The van der Waals surface area contributed by atoms with Crippen molar-refractivity contribution in [1.82, 2.24) is 9.62 Å². The Bertz CT molecular complexity index is 855. The molecule has 0 aliphatic carbocycles. The second kappa shape index (κ2) is 11.5. The number of rotatable bonds is 12. The Kier molecular flexibility index (Phi) is 9.35. The maximum Gasteiger partial charge on any atom is 0.240 e. The predicted octanol–water partition coefficient (Wildman–Crippen LogP) is 1.87. The molecule has 2 aromatic rings. The van der Waals surface area contributed by atoms with Gasteiger partial charge in [-0.05, 0) is 55.3 Å². The first-order valence-electron chi connectivity index (χ1n) is 9.32. The van der Waals surface area contributed by atoms with E-state index < -0.39 is 10.0 Å². The van der Waals surface area contributed by atoms with E-state index in [0.29, 0.717) is 30.3 Å². The zero-order valence-corrected chi connectivity index (χ0v) is 17.9. The highest BCUT2D eigenvalue weighted by molar-refractivity contribution is 7.89. The molecule has 2 aromatic carbocycles. The standard InChI is InChI=1S/C20H27ClN2O5S/c1-16(23(11-13-24)12-14-25)28-19-4-2-3-17(15-19)9-10-22-29(26,27)20-7-5-18(21)6-8-20/h2-8,15-16,22,24-25H,9-14H2,1H3. The number of sulfonamides is 1. The van der Waals surface area contributed by atoms with E-state index in [1.165, 1.54) is 24.3 Å². The van der Waals surface area contributed by atoms with E-state index in [1.54, 1.807) is 0 Å². The van der Waals surface area contributed by atoms with Crippen LogP contribution in [0.2, 0.25) is 5.02 Å². The molecule has 7 nitrogen and oxygen atoms in total. The van der Waals surface area contributed by atoms with Crippen molar-refractivity contribution in [3.8, 4) is 5.75 Å². The molecule has 0 spiro atoms. The van der Waals surface area contributed by atoms with Crippen molar-refractivity contribution in [3.63, 3.8) is 0 Å². The lowest BCUT2D eigenvalue weighted by Gasteiger charge is -2.28. The Balaban J connectivity index is 1.93. The zero-order chi connectivity index (χ0) is 21.3. The quantitative estimate of drug-likeness (QED) is 0.434. The molecular formula is C20H27ClN2O5S. The normalized spacial score (nSPS) is 12.9. The summed E-state index contributed by atoms with van der Waals surface area (Å²) in [5.41, 5.74) is 0.921. The van der Waals surface area contributed by atoms with Crippen LogP contribution in [-0.4, -0.2) is 62.6 Å². The maximum atomic E-state index is 12.3. The number of nitrogens with zero attached hydrogens (tertiary/aromatic N) is 1. The van der Waals surface area contributed by atoms with Crippen molar-refractivity contribution in [2.75, 3.05) is 32.8 Å². The van der Waals surface area contributed by atoms with Gasteiger partial charge in [-0.3, -0.25) is 4.90 Å². The van der Waals surface area contributed by atoms with Crippen molar-refractivity contribution in [2.45, 2.75) is 24.5 Å². The monoisotopic (exact) mass is 442 g/mol. The van der Waals surface area contributed by atoms with E-state index >= 15 is 0 Å². The largest absolute Gasteiger partial charge is 0.475 e. The van der Waals surface area contributed by atoms with E-state index in [2.05, 4.69) is 4.72 Å². The molecule has 160 valence electrons. The molecule has 0 aromatic heterocycles. The van der Waals surface area contributed by atoms with E-state index in [9.17, 15) is 8.42 Å². The van der Waals surface area contributed by atoms with E-state index in [1.807, 2.05) is 36.1 Å². The summed E-state index contributed by atoms with van der Waals surface area (Å²) in [7, 11) is -3.59.